The van der Waals surface area contributed by atoms with E-state index in [4.69, 9.17) is 9.47 Å². The van der Waals surface area contributed by atoms with Crippen LogP contribution in [-0.2, 0) is 16.0 Å². The zero-order valence-electron chi connectivity index (χ0n) is 16.0. The summed E-state index contributed by atoms with van der Waals surface area (Å²) in [6.07, 6.45) is -0.404. The average Bonchev–Trinajstić information content (AvgIpc) is 2.54. The smallest absolute Gasteiger partial charge is 0.408 e. The van der Waals surface area contributed by atoms with E-state index in [1.807, 2.05) is 0 Å². The molecule has 2 N–H and O–H groups in total. The first-order valence-electron chi connectivity index (χ1n) is 8.48. The molecule has 1 atom stereocenters. The second kappa shape index (κ2) is 9.14. The lowest BCUT2D eigenvalue weighted by molar-refractivity contribution is -0.145. The standard InChI is InChI=1S/C20H27NO5/c1-6-8-13-25-16-11-9-15(10-12-16)14-20(7-2,17(22)23)21-18(24)26-19(3,4)5/h9-12H,7,13-14H2,1-5H3,(H,21,24)(H,22,23)/t20-/m0/s1. The van der Waals surface area contributed by atoms with Crippen molar-refractivity contribution >= 4 is 12.1 Å². The summed E-state index contributed by atoms with van der Waals surface area (Å²) in [6, 6.07) is 7.06. The molecule has 0 aliphatic heterocycles. The van der Waals surface area contributed by atoms with Crippen molar-refractivity contribution in [2.24, 2.45) is 0 Å². The van der Waals surface area contributed by atoms with Gasteiger partial charge < -0.3 is 19.9 Å². The Morgan fingerprint density at radius 2 is 1.81 bits per heavy atom. The van der Waals surface area contributed by atoms with Crippen molar-refractivity contribution in [1.29, 1.82) is 0 Å². The zero-order valence-corrected chi connectivity index (χ0v) is 16.0. The molecule has 0 aliphatic carbocycles. The number of carbonyl (C=O) groups is 2. The van der Waals surface area contributed by atoms with Gasteiger partial charge in [0.25, 0.3) is 0 Å². The topological polar surface area (TPSA) is 84.9 Å². The summed E-state index contributed by atoms with van der Waals surface area (Å²) >= 11 is 0. The fourth-order valence-corrected chi connectivity index (χ4v) is 2.28. The molecule has 142 valence electrons. The molecule has 0 spiro atoms. The number of carboxylic acid groups (broad SMARTS) is 1. The molecule has 0 saturated heterocycles. The van der Waals surface area contributed by atoms with Gasteiger partial charge in [0.1, 0.15) is 23.5 Å². The Kier molecular flexibility index (Phi) is 7.51. The minimum atomic E-state index is -1.45. The molecule has 1 aromatic carbocycles. The highest BCUT2D eigenvalue weighted by atomic mass is 16.6. The summed E-state index contributed by atoms with van der Waals surface area (Å²) in [5.41, 5.74) is -1.39. The second-order valence-electron chi connectivity index (χ2n) is 6.90. The Morgan fingerprint density at radius 1 is 1.19 bits per heavy atom. The molecule has 0 saturated carbocycles. The van der Waals surface area contributed by atoms with Gasteiger partial charge in [-0.05, 0) is 51.8 Å². The van der Waals surface area contributed by atoms with Crippen LogP contribution < -0.4 is 10.1 Å². The lowest BCUT2D eigenvalue weighted by Crippen LogP contribution is -2.56. The van der Waals surface area contributed by atoms with Crippen molar-refractivity contribution in [1.82, 2.24) is 5.32 Å². The van der Waals surface area contributed by atoms with Gasteiger partial charge in [-0.2, -0.15) is 0 Å². The number of carboxylic acids is 1. The van der Waals surface area contributed by atoms with E-state index in [1.54, 1.807) is 58.9 Å². The highest BCUT2D eigenvalue weighted by molar-refractivity contribution is 5.84. The molecule has 0 fully saturated rings. The van der Waals surface area contributed by atoms with Crippen molar-refractivity contribution in [2.75, 3.05) is 6.61 Å². The van der Waals surface area contributed by atoms with Crippen LogP contribution in [0.5, 0.6) is 5.75 Å². The monoisotopic (exact) mass is 361 g/mol. The van der Waals surface area contributed by atoms with Crippen LogP contribution in [0.1, 0.15) is 46.6 Å². The van der Waals surface area contributed by atoms with E-state index in [2.05, 4.69) is 17.2 Å². The number of alkyl carbamates (subject to hydrolysis) is 1. The van der Waals surface area contributed by atoms with E-state index in [1.165, 1.54) is 0 Å². The highest BCUT2D eigenvalue weighted by Crippen LogP contribution is 2.21. The van der Waals surface area contributed by atoms with Gasteiger partial charge in [-0.25, -0.2) is 9.59 Å². The normalized spacial score (nSPS) is 13.0. The molecular formula is C20H27NO5. The molecule has 0 heterocycles. The summed E-state index contributed by atoms with van der Waals surface area (Å²) < 4.78 is 10.7. The number of amides is 1. The highest BCUT2D eigenvalue weighted by Gasteiger charge is 2.39. The largest absolute Gasteiger partial charge is 0.481 e. The minimum Gasteiger partial charge on any atom is -0.481 e. The number of hydrogen-bond donors (Lipinski definition) is 2. The summed E-state index contributed by atoms with van der Waals surface area (Å²) in [7, 11) is 0. The van der Waals surface area contributed by atoms with Gasteiger partial charge in [0.2, 0.25) is 0 Å². The third-order valence-corrected chi connectivity index (χ3v) is 3.67. The summed E-state index contributed by atoms with van der Waals surface area (Å²) in [5.74, 6) is 5.09. The maximum absolute atomic E-state index is 12.1. The third-order valence-electron chi connectivity index (χ3n) is 3.67. The van der Waals surface area contributed by atoms with Crippen LogP contribution >= 0.6 is 0 Å². The SMILES string of the molecule is CC#CCOc1ccc(C[C@](CC)(NC(=O)OC(C)(C)C)C(=O)O)cc1. The maximum atomic E-state index is 12.1. The molecule has 0 unspecified atom stereocenters. The minimum absolute atomic E-state index is 0.132. The number of aliphatic carboxylic acids is 1. The lowest BCUT2D eigenvalue weighted by atomic mass is 9.88. The summed E-state index contributed by atoms with van der Waals surface area (Å²) in [5, 5.41) is 12.3. The summed E-state index contributed by atoms with van der Waals surface area (Å²) in [6.45, 7) is 8.92. The Morgan fingerprint density at radius 3 is 2.27 bits per heavy atom. The first-order valence-corrected chi connectivity index (χ1v) is 8.48. The van der Waals surface area contributed by atoms with Gasteiger partial charge in [-0.3, -0.25) is 0 Å². The molecule has 1 amide bonds. The lowest BCUT2D eigenvalue weighted by Gasteiger charge is -2.31. The predicted octanol–water partition coefficient (Wildman–Crippen LogP) is 3.39. The maximum Gasteiger partial charge on any atom is 0.408 e. The van der Waals surface area contributed by atoms with Crippen molar-refractivity contribution in [3.8, 4) is 17.6 Å². The van der Waals surface area contributed by atoms with Gasteiger partial charge in [0.05, 0.1) is 0 Å². The number of hydrogen-bond acceptors (Lipinski definition) is 4. The molecule has 1 rings (SSSR count). The second-order valence-corrected chi connectivity index (χ2v) is 6.90. The van der Waals surface area contributed by atoms with Crippen LogP contribution in [0.4, 0.5) is 4.79 Å². The van der Waals surface area contributed by atoms with Gasteiger partial charge in [0, 0.05) is 6.42 Å². The zero-order chi connectivity index (χ0) is 19.8. The van der Waals surface area contributed by atoms with Crippen LogP contribution in [0.15, 0.2) is 24.3 Å². The van der Waals surface area contributed by atoms with Crippen molar-refractivity contribution in [3.63, 3.8) is 0 Å². The molecule has 0 aliphatic rings. The Labute approximate surface area is 154 Å². The Balaban J connectivity index is 2.91. The molecule has 0 aromatic heterocycles. The van der Waals surface area contributed by atoms with E-state index in [0.717, 1.165) is 5.56 Å². The fourth-order valence-electron chi connectivity index (χ4n) is 2.28. The van der Waals surface area contributed by atoms with Crippen molar-refractivity contribution in [3.05, 3.63) is 29.8 Å². The van der Waals surface area contributed by atoms with Gasteiger partial charge >= 0.3 is 12.1 Å². The molecule has 0 bridgehead atoms. The quantitative estimate of drug-likeness (QED) is 0.727. The molecule has 0 radical (unpaired) electrons. The summed E-state index contributed by atoms with van der Waals surface area (Å²) in [4.78, 5) is 24.0. The third kappa shape index (κ3) is 6.67. The van der Waals surface area contributed by atoms with Gasteiger partial charge in [0.15, 0.2) is 0 Å². The Hall–Kier alpha value is -2.68. The molecule has 6 heteroatoms. The van der Waals surface area contributed by atoms with E-state index >= 15 is 0 Å². The number of nitrogens with one attached hydrogen (secondary N) is 1. The van der Waals surface area contributed by atoms with Gasteiger partial charge in [-0.1, -0.05) is 25.0 Å². The van der Waals surface area contributed by atoms with Crippen LogP contribution in [0.3, 0.4) is 0 Å². The number of benzene rings is 1. The van der Waals surface area contributed by atoms with E-state index in [9.17, 15) is 14.7 Å². The predicted molar refractivity (Wildman–Crippen MR) is 99.1 cm³/mol. The van der Waals surface area contributed by atoms with E-state index in [-0.39, 0.29) is 12.8 Å². The molecule has 26 heavy (non-hydrogen) atoms. The van der Waals surface area contributed by atoms with E-state index < -0.39 is 23.2 Å². The molecule has 1 aromatic rings. The van der Waals surface area contributed by atoms with Crippen molar-refractivity contribution in [2.45, 2.75) is 58.6 Å². The molecular weight excluding hydrogens is 334 g/mol. The number of rotatable bonds is 7. The van der Waals surface area contributed by atoms with E-state index in [0.29, 0.717) is 12.4 Å². The van der Waals surface area contributed by atoms with Crippen LogP contribution in [0.25, 0.3) is 0 Å². The van der Waals surface area contributed by atoms with Crippen molar-refractivity contribution < 1.29 is 24.2 Å². The van der Waals surface area contributed by atoms with Crippen LogP contribution in [0.2, 0.25) is 0 Å². The van der Waals surface area contributed by atoms with Crippen LogP contribution in [0, 0.1) is 11.8 Å². The number of carbonyl (C=O) groups excluding carboxylic acids is 1. The first kappa shape index (κ1) is 21.4. The average molecular weight is 361 g/mol. The first-order chi connectivity index (χ1) is 12.1. The molecule has 6 nitrogen and oxygen atoms in total. The van der Waals surface area contributed by atoms with Crippen LogP contribution in [-0.4, -0.2) is 34.9 Å². The van der Waals surface area contributed by atoms with Gasteiger partial charge in [-0.15, -0.1) is 5.92 Å². The number of ether oxygens (including phenoxy) is 2. The fraction of sp³-hybridized carbons (Fsp3) is 0.500. The Bertz CT molecular complexity index is 679.